The van der Waals surface area contributed by atoms with Crippen LogP contribution in [0.2, 0.25) is 0 Å². The van der Waals surface area contributed by atoms with Gasteiger partial charge in [-0.1, -0.05) is 91.0 Å². The van der Waals surface area contributed by atoms with Crippen LogP contribution in [0.3, 0.4) is 0 Å². The molecule has 0 saturated carbocycles. The predicted molar refractivity (Wildman–Crippen MR) is 120 cm³/mol. The molecule has 0 aliphatic carbocycles. The first kappa shape index (κ1) is 21.5. The summed E-state index contributed by atoms with van der Waals surface area (Å²) in [5.41, 5.74) is 8.38. The summed E-state index contributed by atoms with van der Waals surface area (Å²) in [6.07, 6.45) is -1.98. The lowest BCUT2D eigenvalue weighted by Crippen LogP contribution is -2.40. The van der Waals surface area contributed by atoms with Gasteiger partial charge in [-0.05, 0) is 16.7 Å². The number of ether oxygens (including phenoxy) is 1. The molecule has 2 amide bonds. The number of hydrogen-bond donors (Lipinski definition) is 2. The van der Waals surface area contributed by atoms with Crippen LogP contribution in [0.4, 0.5) is 4.79 Å². The molecule has 0 fully saturated rings. The number of nitrogens with two attached hydrogens (primary N) is 1. The van der Waals surface area contributed by atoms with Gasteiger partial charge in [0.25, 0.3) is 5.91 Å². The molecule has 0 bridgehead atoms. The highest BCUT2D eigenvalue weighted by atomic mass is 32.2. The highest BCUT2D eigenvalue weighted by Crippen LogP contribution is 2.48. The summed E-state index contributed by atoms with van der Waals surface area (Å²) >= 11 is 1.53. The quantitative estimate of drug-likeness (QED) is 0.541. The monoisotopic (exact) mass is 420 g/mol. The molecule has 0 aromatic heterocycles. The normalized spacial score (nSPS) is 12.0. The van der Waals surface area contributed by atoms with Crippen molar-refractivity contribution < 1.29 is 14.3 Å². The predicted octanol–water partition coefficient (Wildman–Crippen LogP) is 3.92. The lowest BCUT2D eigenvalue weighted by Gasteiger charge is -2.36. The summed E-state index contributed by atoms with van der Waals surface area (Å²) in [4.78, 5) is 23.7. The van der Waals surface area contributed by atoms with E-state index in [1.54, 1.807) is 0 Å². The van der Waals surface area contributed by atoms with Crippen LogP contribution < -0.4 is 11.1 Å². The van der Waals surface area contributed by atoms with E-state index < -0.39 is 22.9 Å². The molecule has 3 aromatic carbocycles. The zero-order chi connectivity index (χ0) is 21.4. The molecule has 3 rings (SSSR count). The first-order valence-corrected chi connectivity index (χ1v) is 10.5. The third-order valence-electron chi connectivity index (χ3n) is 4.79. The average Bonchev–Trinajstić information content (AvgIpc) is 2.80. The Kier molecular flexibility index (Phi) is 7.14. The van der Waals surface area contributed by atoms with Gasteiger partial charge in [-0.3, -0.25) is 4.79 Å². The lowest BCUT2D eigenvalue weighted by molar-refractivity contribution is -0.127. The Labute approximate surface area is 180 Å². The molecule has 1 atom stereocenters. The van der Waals surface area contributed by atoms with Crippen LogP contribution in [-0.2, 0) is 14.3 Å². The summed E-state index contributed by atoms with van der Waals surface area (Å²) < 4.78 is 4.50. The second-order valence-electron chi connectivity index (χ2n) is 6.63. The van der Waals surface area contributed by atoms with Crippen molar-refractivity contribution in [3.8, 4) is 0 Å². The number of nitrogens with one attached hydrogen (secondary N) is 1. The number of likely N-dealkylation sites (N-methyl/N-ethyl adjacent to an activating group) is 1. The Bertz CT molecular complexity index is 869. The van der Waals surface area contributed by atoms with Gasteiger partial charge in [0.15, 0.2) is 6.10 Å². The molecule has 30 heavy (non-hydrogen) atoms. The van der Waals surface area contributed by atoms with Crippen molar-refractivity contribution >= 4 is 23.8 Å². The van der Waals surface area contributed by atoms with Crippen LogP contribution in [0.15, 0.2) is 91.0 Å². The number of carbonyl (C=O) groups is 2. The topological polar surface area (TPSA) is 81.4 Å². The van der Waals surface area contributed by atoms with Crippen LogP contribution in [0.1, 0.15) is 16.7 Å². The average molecular weight is 421 g/mol. The Hall–Kier alpha value is -3.25. The molecule has 0 spiro atoms. The van der Waals surface area contributed by atoms with Crippen LogP contribution >= 0.6 is 11.8 Å². The number of primary amides is 1. The van der Waals surface area contributed by atoms with Gasteiger partial charge in [0, 0.05) is 12.8 Å². The fourth-order valence-corrected chi connectivity index (χ4v) is 4.96. The van der Waals surface area contributed by atoms with Gasteiger partial charge in [-0.2, -0.15) is 0 Å². The van der Waals surface area contributed by atoms with E-state index in [0.29, 0.717) is 0 Å². The minimum Gasteiger partial charge on any atom is -0.435 e. The van der Waals surface area contributed by atoms with Crippen molar-refractivity contribution in [2.24, 2.45) is 5.73 Å². The molecule has 154 valence electrons. The van der Waals surface area contributed by atoms with Gasteiger partial charge >= 0.3 is 6.09 Å². The molecular weight excluding hydrogens is 396 g/mol. The fraction of sp³-hybridized carbons (Fsp3) is 0.167. The third-order valence-corrected chi connectivity index (χ3v) is 6.40. The lowest BCUT2D eigenvalue weighted by atomic mass is 9.84. The SMILES string of the molecule is CNC(=O)[C@@H](CSC(c1ccccc1)(c1ccccc1)c1ccccc1)OC(N)=O. The minimum absolute atomic E-state index is 0.224. The zero-order valence-corrected chi connectivity index (χ0v) is 17.5. The van der Waals surface area contributed by atoms with Crippen LogP contribution in [0.25, 0.3) is 0 Å². The van der Waals surface area contributed by atoms with Crippen LogP contribution in [0, 0.1) is 0 Å². The van der Waals surface area contributed by atoms with E-state index in [-0.39, 0.29) is 5.75 Å². The summed E-state index contributed by atoms with van der Waals surface area (Å²) in [6.45, 7) is 0. The highest BCUT2D eigenvalue weighted by Gasteiger charge is 2.38. The molecule has 3 aromatic rings. The van der Waals surface area contributed by atoms with Crippen molar-refractivity contribution in [1.29, 1.82) is 0 Å². The Morgan fingerprint density at radius 2 is 1.27 bits per heavy atom. The van der Waals surface area contributed by atoms with Gasteiger partial charge in [0.2, 0.25) is 0 Å². The van der Waals surface area contributed by atoms with E-state index in [1.807, 2.05) is 54.6 Å². The molecule has 0 unspecified atom stereocenters. The molecule has 0 aliphatic heterocycles. The van der Waals surface area contributed by atoms with Crippen molar-refractivity contribution in [3.63, 3.8) is 0 Å². The number of rotatable bonds is 8. The molecule has 0 heterocycles. The van der Waals surface area contributed by atoms with Crippen molar-refractivity contribution in [3.05, 3.63) is 108 Å². The van der Waals surface area contributed by atoms with E-state index in [9.17, 15) is 9.59 Å². The van der Waals surface area contributed by atoms with Crippen molar-refractivity contribution in [1.82, 2.24) is 5.32 Å². The number of carbonyl (C=O) groups excluding carboxylic acids is 2. The maximum atomic E-state index is 12.3. The molecule has 6 heteroatoms. The standard InChI is InChI=1S/C24H24N2O3S/c1-26-22(27)21(29-23(25)28)17-30-24(18-11-5-2-6-12-18,19-13-7-3-8-14-19)20-15-9-4-10-16-20/h2-16,21H,17H2,1H3,(H2,25,28)(H,26,27)/t21-/m1/s1. The largest absolute Gasteiger partial charge is 0.435 e. The van der Waals surface area contributed by atoms with E-state index in [1.165, 1.54) is 18.8 Å². The van der Waals surface area contributed by atoms with Gasteiger partial charge in [-0.15, -0.1) is 11.8 Å². The first-order valence-electron chi connectivity index (χ1n) is 9.56. The van der Waals surface area contributed by atoms with Gasteiger partial charge < -0.3 is 15.8 Å². The Balaban J connectivity index is 2.13. The maximum absolute atomic E-state index is 12.3. The molecule has 3 N–H and O–H groups in total. The fourth-order valence-electron chi connectivity index (χ4n) is 3.43. The summed E-state index contributed by atoms with van der Waals surface area (Å²) in [5.74, 6) is -0.175. The first-order chi connectivity index (χ1) is 14.6. The van der Waals surface area contributed by atoms with E-state index in [4.69, 9.17) is 10.5 Å². The molecule has 0 radical (unpaired) electrons. The molecule has 0 aliphatic rings. The van der Waals surface area contributed by atoms with Crippen molar-refractivity contribution in [2.75, 3.05) is 12.8 Å². The molecular formula is C24H24N2O3S. The molecule has 0 saturated heterocycles. The highest BCUT2D eigenvalue weighted by molar-refractivity contribution is 8.00. The summed E-state index contributed by atoms with van der Waals surface area (Å²) in [5, 5.41) is 2.54. The maximum Gasteiger partial charge on any atom is 0.405 e. The van der Waals surface area contributed by atoms with Crippen molar-refractivity contribution in [2.45, 2.75) is 10.9 Å². The number of thioether (sulfide) groups is 1. The Morgan fingerprint density at radius 1 is 0.867 bits per heavy atom. The summed E-state index contributed by atoms with van der Waals surface area (Å²) in [6, 6.07) is 30.3. The van der Waals surface area contributed by atoms with Crippen LogP contribution in [-0.4, -0.2) is 30.9 Å². The minimum atomic E-state index is -1.01. The molecule has 5 nitrogen and oxygen atoms in total. The Morgan fingerprint density at radius 3 is 1.60 bits per heavy atom. The van der Waals surface area contributed by atoms with E-state index in [2.05, 4.69) is 41.7 Å². The van der Waals surface area contributed by atoms with E-state index in [0.717, 1.165) is 16.7 Å². The summed E-state index contributed by atoms with van der Waals surface area (Å²) in [7, 11) is 1.50. The smallest absolute Gasteiger partial charge is 0.405 e. The second kappa shape index (κ2) is 9.98. The second-order valence-corrected chi connectivity index (χ2v) is 7.86. The number of amides is 2. The third kappa shape index (κ3) is 4.66. The van der Waals surface area contributed by atoms with Gasteiger partial charge in [-0.25, -0.2) is 4.79 Å². The number of hydrogen-bond acceptors (Lipinski definition) is 4. The van der Waals surface area contributed by atoms with E-state index >= 15 is 0 Å². The number of benzene rings is 3. The van der Waals surface area contributed by atoms with Crippen LogP contribution in [0.5, 0.6) is 0 Å². The van der Waals surface area contributed by atoms with Gasteiger partial charge in [0.1, 0.15) is 0 Å². The zero-order valence-electron chi connectivity index (χ0n) is 16.7. The van der Waals surface area contributed by atoms with Gasteiger partial charge in [0.05, 0.1) is 4.75 Å².